The van der Waals surface area contributed by atoms with E-state index in [0.29, 0.717) is 11.1 Å². The van der Waals surface area contributed by atoms with E-state index in [1.807, 2.05) is 30.3 Å². The van der Waals surface area contributed by atoms with Gasteiger partial charge >= 0.3 is 11.7 Å². The molecule has 1 fully saturated rings. The number of primary amides is 1. The topological polar surface area (TPSA) is 180 Å². The first-order chi connectivity index (χ1) is 20.9. The highest BCUT2D eigenvalue weighted by atomic mass is 16.7. The number of hydrogen-bond donors (Lipinski definition) is 4. The number of benzene rings is 3. The number of carbonyl (C=O) groups is 2. The SMILES string of the molecule is CO[C@@H]1[C@@H](OC(N)=O)[C@@H](O)[C@H](Oc2ccc3c(O)c(NC(=O)c4ccccc4-c4ccccc4)c(=O)oc3c2C)OC1(C)C. The van der Waals surface area contributed by atoms with Gasteiger partial charge in [-0.3, -0.25) is 4.79 Å². The first kappa shape index (κ1) is 30.5. The molecular weight excluding hydrogens is 572 g/mol. The summed E-state index contributed by atoms with van der Waals surface area (Å²) in [6.45, 7) is 4.91. The number of aliphatic hydroxyl groups is 1. The second kappa shape index (κ2) is 12.0. The lowest BCUT2D eigenvalue weighted by Crippen LogP contribution is -2.65. The largest absolute Gasteiger partial charge is 0.505 e. The van der Waals surface area contributed by atoms with Crippen molar-refractivity contribution in [1.29, 1.82) is 0 Å². The summed E-state index contributed by atoms with van der Waals surface area (Å²) in [4.78, 5) is 37.9. The molecule has 2 amide bonds. The number of rotatable bonds is 7. The number of aliphatic hydroxyl groups excluding tert-OH is 1. The van der Waals surface area contributed by atoms with Crippen molar-refractivity contribution in [3.05, 3.63) is 88.3 Å². The van der Waals surface area contributed by atoms with Crippen molar-refractivity contribution in [2.24, 2.45) is 5.73 Å². The quantitative estimate of drug-likeness (QED) is 0.225. The molecule has 44 heavy (non-hydrogen) atoms. The van der Waals surface area contributed by atoms with Gasteiger partial charge in [-0.1, -0.05) is 48.5 Å². The molecule has 0 unspecified atom stereocenters. The maximum atomic E-state index is 13.3. The van der Waals surface area contributed by atoms with Gasteiger partial charge in [-0.2, -0.15) is 0 Å². The van der Waals surface area contributed by atoms with Gasteiger partial charge in [-0.15, -0.1) is 0 Å². The molecule has 1 aliphatic heterocycles. The van der Waals surface area contributed by atoms with Gasteiger partial charge in [-0.05, 0) is 50.1 Å². The van der Waals surface area contributed by atoms with Crippen LogP contribution in [0.4, 0.5) is 10.5 Å². The van der Waals surface area contributed by atoms with Crippen LogP contribution in [0.5, 0.6) is 11.5 Å². The molecule has 12 nitrogen and oxygen atoms in total. The third-order valence-electron chi connectivity index (χ3n) is 7.51. The second-order valence-corrected chi connectivity index (χ2v) is 10.8. The van der Waals surface area contributed by atoms with E-state index < -0.39 is 59.3 Å². The van der Waals surface area contributed by atoms with Gasteiger partial charge in [-0.25, -0.2) is 9.59 Å². The minimum atomic E-state index is -1.51. The zero-order chi connectivity index (χ0) is 31.8. The highest BCUT2D eigenvalue weighted by molar-refractivity contribution is 6.10. The second-order valence-electron chi connectivity index (χ2n) is 10.8. The number of anilines is 1. The Morgan fingerprint density at radius 3 is 2.39 bits per heavy atom. The molecule has 12 heteroatoms. The molecule has 1 aliphatic rings. The summed E-state index contributed by atoms with van der Waals surface area (Å²) < 4.78 is 28.0. The molecule has 0 radical (unpaired) electrons. The van der Waals surface area contributed by atoms with Crippen molar-refractivity contribution in [2.45, 2.75) is 51.0 Å². The van der Waals surface area contributed by atoms with Crippen LogP contribution < -0.4 is 21.4 Å². The fourth-order valence-corrected chi connectivity index (χ4v) is 5.40. The molecule has 5 rings (SSSR count). The van der Waals surface area contributed by atoms with E-state index in [0.717, 1.165) is 5.56 Å². The maximum Gasteiger partial charge on any atom is 0.404 e. The van der Waals surface area contributed by atoms with E-state index in [1.165, 1.54) is 19.2 Å². The van der Waals surface area contributed by atoms with Crippen molar-refractivity contribution >= 4 is 28.7 Å². The molecule has 5 N–H and O–H groups in total. The molecule has 0 saturated carbocycles. The molecule has 4 aromatic rings. The average Bonchev–Trinajstić information content (AvgIpc) is 2.99. The lowest BCUT2D eigenvalue weighted by Gasteiger charge is -2.47. The van der Waals surface area contributed by atoms with Crippen molar-refractivity contribution < 1.29 is 43.2 Å². The van der Waals surface area contributed by atoms with E-state index in [1.54, 1.807) is 45.0 Å². The summed E-state index contributed by atoms with van der Waals surface area (Å²) in [5.41, 5.74) is 4.72. The Kier molecular flexibility index (Phi) is 8.33. The molecule has 0 spiro atoms. The number of nitrogens with two attached hydrogens (primary N) is 1. The highest BCUT2D eigenvalue weighted by Crippen LogP contribution is 2.38. The Hall–Kier alpha value is -4.91. The standard InChI is InChI=1S/C32H32N2O10/c1-16-21(41-30-24(36)26(43-31(33)39)27(40-4)32(2,3)44-30)15-14-20-23(35)22(29(38)42-25(16)20)34-28(37)19-13-9-8-12-18(19)17-10-6-5-7-11-17/h5-15,24,26-27,30,35-36H,1-4H3,(H2,33,39)(H,34,37)/t24-,26+,27-,30-/m1/s1. The fraction of sp³-hybridized carbons (Fsp3) is 0.281. The zero-order valence-electron chi connectivity index (χ0n) is 24.4. The monoisotopic (exact) mass is 604 g/mol. The molecule has 1 saturated heterocycles. The lowest BCUT2D eigenvalue weighted by atomic mass is 9.89. The highest BCUT2D eigenvalue weighted by Gasteiger charge is 2.53. The summed E-state index contributed by atoms with van der Waals surface area (Å²) >= 11 is 0. The van der Waals surface area contributed by atoms with E-state index in [2.05, 4.69) is 5.32 Å². The summed E-state index contributed by atoms with van der Waals surface area (Å²) in [6.07, 6.45) is -6.05. The lowest BCUT2D eigenvalue weighted by molar-refractivity contribution is -0.304. The van der Waals surface area contributed by atoms with Gasteiger partial charge in [0.05, 0.1) is 11.0 Å². The average molecular weight is 605 g/mol. The normalized spacial score (nSPS) is 21.0. The van der Waals surface area contributed by atoms with Crippen molar-refractivity contribution in [3.8, 4) is 22.6 Å². The Morgan fingerprint density at radius 1 is 1.02 bits per heavy atom. The van der Waals surface area contributed by atoms with E-state index in [9.17, 15) is 24.6 Å². The van der Waals surface area contributed by atoms with Crippen LogP contribution in [0.3, 0.4) is 0 Å². The maximum absolute atomic E-state index is 13.3. The van der Waals surface area contributed by atoms with Crippen molar-refractivity contribution in [3.63, 3.8) is 0 Å². The molecular formula is C32H32N2O10. The minimum Gasteiger partial charge on any atom is -0.505 e. The van der Waals surface area contributed by atoms with Crippen LogP contribution in [0.25, 0.3) is 22.1 Å². The summed E-state index contributed by atoms with van der Waals surface area (Å²) in [5.74, 6) is -0.970. The van der Waals surface area contributed by atoms with Gasteiger partial charge in [0.15, 0.2) is 23.6 Å². The smallest absolute Gasteiger partial charge is 0.404 e. The third kappa shape index (κ3) is 5.70. The minimum absolute atomic E-state index is 0.0167. The van der Waals surface area contributed by atoms with Gasteiger partial charge in [0.1, 0.15) is 17.4 Å². The first-order valence-corrected chi connectivity index (χ1v) is 13.7. The van der Waals surface area contributed by atoms with Crippen LogP contribution in [0, 0.1) is 6.92 Å². The molecule has 3 aromatic carbocycles. The summed E-state index contributed by atoms with van der Waals surface area (Å²) in [5, 5.41) is 24.7. The van der Waals surface area contributed by atoms with Crippen LogP contribution in [0.1, 0.15) is 29.8 Å². The number of aromatic hydroxyl groups is 1. The number of carbonyl (C=O) groups excluding carboxylic acids is 2. The number of aryl methyl sites for hydroxylation is 1. The van der Waals surface area contributed by atoms with Crippen LogP contribution in [0.15, 0.2) is 75.9 Å². The molecule has 4 atom stereocenters. The Morgan fingerprint density at radius 2 is 1.70 bits per heavy atom. The van der Waals surface area contributed by atoms with Crippen LogP contribution in [-0.4, -0.2) is 59.5 Å². The van der Waals surface area contributed by atoms with Crippen LogP contribution >= 0.6 is 0 Å². The molecule has 0 bridgehead atoms. The number of amides is 2. The Labute approximate surface area is 251 Å². The fourth-order valence-electron chi connectivity index (χ4n) is 5.40. The number of nitrogens with one attached hydrogen (secondary N) is 1. The van der Waals surface area contributed by atoms with E-state index in [4.69, 9.17) is 29.1 Å². The Balaban J connectivity index is 1.45. The van der Waals surface area contributed by atoms with Crippen molar-refractivity contribution in [1.82, 2.24) is 0 Å². The number of hydrogen-bond acceptors (Lipinski definition) is 10. The van der Waals surface area contributed by atoms with Gasteiger partial charge < -0.3 is 44.6 Å². The zero-order valence-corrected chi connectivity index (χ0v) is 24.4. The van der Waals surface area contributed by atoms with Crippen molar-refractivity contribution in [2.75, 3.05) is 12.4 Å². The van der Waals surface area contributed by atoms with E-state index in [-0.39, 0.29) is 22.3 Å². The van der Waals surface area contributed by atoms with Gasteiger partial charge in [0.2, 0.25) is 6.29 Å². The first-order valence-electron chi connectivity index (χ1n) is 13.7. The third-order valence-corrected chi connectivity index (χ3v) is 7.51. The number of ether oxygens (including phenoxy) is 4. The van der Waals surface area contributed by atoms with Gasteiger partial charge in [0, 0.05) is 18.2 Å². The van der Waals surface area contributed by atoms with Crippen LogP contribution in [0.2, 0.25) is 0 Å². The predicted molar refractivity (Wildman–Crippen MR) is 160 cm³/mol. The molecule has 2 heterocycles. The predicted octanol–water partition coefficient (Wildman–Crippen LogP) is 4.08. The molecule has 0 aliphatic carbocycles. The summed E-state index contributed by atoms with van der Waals surface area (Å²) in [7, 11) is 1.38. The molecule has 1 aromatic heterocycles. The summed E-state index contributed by atoms with van der Waals surface area (Å²) in [6, 6.07) is 19.1. The van der Waals surface area contributed by atoms with Gasteiger partial charge in [0.25, 0.3) is 5.91 Å². The van der Waals surface area contributed by atoms with Crippen LogP contribution in [-0.2, 0) is 14.2 Å². The Bertz CT molecular complexity index is 1770. The van der Waals surface area contributed by atoms with E-state index >= 15 is 0 Å². The number of fused-ring (bicyclic) bond motifs is 1. The molecule has 230 valence electrons. The number of methoxy groups -OCH3 is 1.